The molecule has 7 heteroatoms. The molecule has 0 aromatic heterocycles. The molecular formula is C7H10F2O4S. The minimum Gasteiger partial charge on any atom is -0.477 e. The second-order valence-electron chi connectivity index (χ2n) is 3.35. The molecule has 14 heavy (non-hydrogen) atoms. The number of sulfone groups is 1. The van der Waals surface area contributed by atoms with Crippen molar-refractivity contribution in [1.29, 1.82) is 0 Å². The average molecular weight is 228 g/mol. The summed E-state index contributed by atoms with van der Waals surface area (Å²) in [7, 11) is -3.23. The van der Waals surface area contributed by atoms with Crippen LogP contribution in [0.5, 0.6) is 0 Å². The zero-order chi connectivity index (χ0) is 11.0. The van der Waals surface area contributed by atoms with Crippen LogP contribution in [0.2, 0.25) is 0 Å². The van der Waals surface area contributed by atoms with Crippen molar-refractivity contribution >= 4 is 15.8 Å². The number of carbonyl (C=O) groups is 1. The molecule has 0 aromatic carbocycles. The molecule has 1 heterocycles. The lowest BCUT2D eigenvalue weighted by Gasteiger charge is -2.26. The van der Waals surface area contributed by atoms with Crippen LogP contribution < -0.4 is 0 Å². The van der Waals surface area contributed by atoms with Gasteiger partial charge >= 0.3 is 11.9 Å². The quantitative estimate of drug-likeness (QED) is 0.748. The maximum Gasteiger partial charge on any atom is 0.374 e. The summed E-state index contributed by atoms with van der Waals surface area (Å²) in [6.07, 6.45) is -0.552. The minimum atomic E-state index is -3.81. The Labute approximate surface area is 79.8 Å². The van der Waals surface area contributed by atoms with E-state index in [1.165, 1.54) is 0 Å². The third kappa shape index (κ3) is 2.20. The first-order valence-corrected chi connectivity index (χ1v) is 5.89. The van der Waals surface area contributed by atoms with E-state index in [4.69, 9.17) is 5.11 Å². The highest BCUT2D eigenvalue weighted by atomic mass is 32.2. The van der Waals surface area contributed by atoms with Crippen molar-refractivity contribution in [2.75, 3.05) is 11.5 Å². The molecule has 0 aromatic rings. The number of rotatable bonds is 2. The molecule has 0 aliphatic carbocycles. The van der Waals surface area contributed by atoms with Gasteiger partial charge in [0.15, 0.2) is 0 Å². The lowest BCUT2D eigenvalue weighted by atomic mass is 9.95. The molecule has 1 N–H and O–H groups in total. The van der Waals surface area contributed by atoms with E-state index in [2.05, 4.69) is 0 Å². The van der Waals surface area contributed by atoms with Crippen LogP contribution in [-0.2, 0) is 14.6 Å². The van der Waals surface area contributed by atoms with E-state index in [-0.39, 0.29) is 24.3 Å². The molecule has 1 saturated heterocycles. The zero-order valence-electron chi connectivity index (χ0n) is 7.24. The molecule has 82 valence electrons. The molecule has 1 fully saturated rings. The van der Waals surface area contributed by atoms with Gasteiger partial charge in [0, 0.05) is 5.92 Å². The highest BCUT2D eigenvalue weighted by Gasteiger charge is 2.48. The molecular weight excluding hydrogens is 218 g/mol. The Morgan fingerprint density at radius 2 is 1.71 bits per heavy atom. The van der Waals surface area contributed by atoms with Gasteiger partial charge in [-0.2, -0.15) is 8.78 Å². The van der Waals surface area contributed by atoms with Gasteiger partial charge in [0.1, 0.15) is 9.84 Å². The van der Waals surface area contributed by atoms with Crippen LogP contribution in [0.15, 0.2) is 0 Å². The van der Waals surface area contributed by atoms with Gasteiger partial charge in [0.2, 0.25) is 0 Å². The number of carboxylic acids is 1. The normalized spacial score (nSPS) is 23.3. The van der Waals surface area contributed by atoms with E-state index < -0.39 is 27.6 Å². The molecule has 0 amide bonds. The number of carboxylic acid groups (broad SMARTS) is 1. The smallest absolute Gasteiger partial charge is 0.374 e. The van der Waals surface area contributed by atoms with Crippen LogP contribution in [0.3, 0.4) is 0 Å². The number of hydrogen-bond acceptors (Lipinski definition) is 3. The third-order valence-corrected chi connectivity index (χ3v) is 4.07. The summed E-state index contributed by atoms with van der Waals surface area (Å²) in [4.78, 5) is 10.2. The Morgan fingerprint density at radius 3 is 2.07 bits per heavy atom. The summed E-state index contributed by atoms with van der Waals surface area (Å²) in [5.41, 5.74) is 0. The standard InChI is InChI=1S/C7H10F2O4S/c8-7(9,6(10)11)5-1-3-14(12,13)4-2-5/h5H,1-4H2,(H,10,11). The van der Waals surface area contributed by atoms with Crippen molar-refractivity contribution in [3.8, 4) is 0 Å². The fourth-order valence-electron chi connectivity index (χ4n) is 1.43. The van der Waals surface area contributed by atoms with Crippen molar-refractivity contribution in [3.05, 3.63) is 0 Å². The fraction of sp³-hybridized carbons (Fsp3) is 0.857. The summed E-state index contributed by atoms with van der Waals surface area (Å²) in [5.74, 6) is -8.04. The van der Waals surface area contributed by atoms with Gasteiger partial charge in [0.05, 0.1) is 11.5 Å². The number of hydrogen-bond donors (Lipinski definition) is 1. The van der Waals surface area contributed by atoms with E-state index in [1.54, 1.807) is 0 Å². The summed E-state index contributed by atoms with van der Waals surface area (Å²) < 4.78 is 47.6. The fourth-order valence-corrected chi connectivity index (χ4v) is 2.92. The zero-order valence-corrected chi connectivity index (χ0v) is 8.06. The highest BCUT2D eigenvalue weighted by Crippen LogP contribution is 2.33. The SMILES string of the molecule is O=C(O)C(F)(F)C1CCS(=O)(=O)CC1. The molecule has 0 atom stereocenters. The number of aliphatic carboxylic acids is 1. The molecule has 0 radical (unpaired) electrons. The Bertz CT molecular complexity index is 322. The summed E-state index contributed by atoms with van der Waals surface area (Å²) in [6, 6.07) is 0. The van der Waals surface area contributed by atoms with Gasteiger partial charge in [-0.3, -0.25) is 0 Å². The monoisotopic (exact) mass is 228 g/mol. The Morgan fingerprint density at radius 1 is 1.29 bits per heavy atom. The van der Waals surface area contributed by atoms with E-state index in [0.717, 1.165) is 0 Å². The largest absolute Gasteiger partial charge is 0.477 e. The minimum absolute atomic E-state index is 0.276. The van der Waals surface area contributed by atoms with E-state index >= 15 is 0 Å². The van der Waals surface area contributed by atoms with E-state index in [1.807, 2.05) is 0 Å². The van der Waals surface area contributed by atoms with Crippen molar-refractivity contribution in [2.45, 2.75) is 18.8 Å². The number of halogens is 2. The molecule has 0 unspecified atom stereocenters. The predicted octanol–water partition coefficient (Wildman–Crippen LogP) is 0.531. The Balaban J connectivity index is 2.71. The first kappa shape index (κ1) is 11.4. The van der Waals surface area contributed by atoms with Gasteiger partial charge in [-0.05, 0) is 12.8 Å². The van der Waals surface area contributed by atoms with E-state index in [9.17, 15) is 22.0 Å². The maximum atomic E-state index is 12.9. The molecule has 1 aliphatic heterocycles. The van der Waals surface area contributed by atoms with E-state index in [0.29, 0.717) is 0 Å². The third-order valence-electron chi connectivity index (χ3n) is 2.35. The molecule has 1 rings (SSSR count). The Kier molecular flexibility index (Phi) is 2.80. The Hall–Kier alpha value is -0.720. The molecule has 1 aliphatic rings. The van der Waals surface area contributed by atoms with Crippen molar-refractivity contribution in [2.24, 2.45) is 5.92 Å². The van der Waals surface area contributed by atoms with Crippen molar-refractivity contribution in [3.63, 3.8) is 0 Å². The van der Waals surface area contributed by atoms with Gasteiger partial charge in [-0.1, -0.05) is 0 Å². The second kappa shape index (κ2) is 3.45. The summed E-state index contributed by atoms with van der Waals surface area (Å²) >= 11 is 0. The lowest BCUT2D eigenvalue weighted by molar-refractivity contribution is -0.174. The number of alkyl halides is 2. The summed E-state index contributed by atoms with van der Waals surface area (Å²) in [5, 5.41) is 8.22. The lowest BCUT2D eigenvalue weighted by Crippen LogP contribution is -2.41. The van der Waals surface area contributed by atoms with Crippen LogP contribution in [0.4, 0.5) is 8.78 Å². The van der Waals surface area contributed by atoms with Crippen LogP contribution in [0.1, 0.15) is 12.8 Å². The van der Waals surface area contributed by atoms with Crippen LogP contribution >= 0.6 is 0 Å². The first-order valence-electron chi connectivity index (χ1n) is 4.07. The second-order valence-corrected chi connectivity index (χ2v) is 5.66. The molecule has 4 nitrogen and oxygen atoms in total. The van der Waals surface area contributed by atoms with Crippen molar-refractivity contribution < 1.29 is 27.1 Å². The van der Waals surface area contributed by atoms with Crippen molar-refractivity contribution in [1.82, 2.24) is 0 Å². The highest BCUT2D eigenvalue weighted by molar-refractivity contribution is 7.91. The van der Waals surface area contributed by atoms with Gasteiger partial charge in [-0.25, -0.2) is 13.2 Å². The first-order chi connectivity index (χ1) is 6.26. The average Bonchev–Trinajstić information content (AvgIpc) is 2.03. The van der Waals surface area contributed by atoms with Crippen LogP contribution in [-0.4, -0.2) is 36.9 Å². The van der Waals surface area contributed by atoms with Gasteiger partial charge in [-0.15, -0.1) is 0 Å². The summed E-state index contributed by atoms with van der Waals surface area (Å²) in [6.45, 7) is 0. The van der Waals surface area contributed by atoms with Gasteiger partial charge < -0.3 is 5.11 Å². The maximum absolute atomic E-state index is 12.9. The van der Waals surface area contributed by atoms with Crippen LogP contribution in [0, 0.1) is 5.92 Å². The van der Waals surface area contributed by atoms with Gasteiger partial charge in [0.25, 0.3) is 0 Å². The molecule has 0 saturated carbocycles. The molecule has 0 bridgehead atoms. The predicted molar refractivity (Wildman–Crippen MR) is 44.0 cm³/mol. The molecule has 0 spiro atoms. The topological polar surface area (TPSA) is 71.4 Å². The van der Waals surface area contributed by atoms with Crippen LogP contribution in [0.25, 0.3) is 0 Å².